The highest BCUT2D eigenvalue weighted by Gasteiger charge is 2.31. The predicted molar refractivity (Wildman–Crippen MR) is 51.2 cm³/mol. The van der Waals surface area contributed by atoms with Crippen LogP contribution >= 0.6 is 0 Å². The normalized spacial score (nSPS) is 18.7. The van der Waals surface area contributed by atoms with Crippen molar-refractivity contribution in [2.75, 3.05) is 0 Å². The maximum atomic E-state index is 6.01. The molecule has 3 heteroatoms. The third-order valence-corrected chi connectivity index (χ3v) is 2.43. The van der Waals surface area contributed by atoms with Gasteiger partial charge in [-0.05, 0) is 38.7 Å². The van der Waals surface area contributed by atoms with E-state index in [0.717, 1.165) is 17.2 Å². The Morgan fingerprint density at radius 2 is 1.85 bits per heavy atom. The predicted octanol–water partition coefficient (Wildman–Crippen LogP) is 1.50. The van der Waals surface area contributed by atoms with Crippen LogP contribution in [0.2, 0.25) is 0 Å². The Labute approximate surface area is 78.4 Å². The van der Waals surface area contributed by atoms with Gasteiger partial charge in [0.05, 0.1) is 6.04 Å². The molecule has 1 unspecified atom stereocenters. The van der Waals surface area contributed by atoms with E-state index in [1.165, 1.54) is 12.8 Å². The van der Waals surface area contributed by atoms with Gasteiger partial charge in [0.1, 0.15) is 5.82 Å². The topological polar surface area (TPSA) is 51.8 Å². The minimum Gasteiger partial charge on any atom is -0.321 e. The number of aromatic nitrogens is 2. The highest BCUT2D eigenvalue weighted by atomic mass is 14.9. The third kappa shape index (κ3) is 1.86. The molecular weight excluding hydrogens is 162 g/mol. The molecule has 1 aliphatic carbocycles. The minimum absolute atomic E-state index is 0.0543. The Balaban J connectivity index is 2.27. The van der Waals surface area contributed by atoms with Crippen LogP contribution in [0.25, 0.3) is 0 Å². The van der Waals surface area contributed by atoms with Crippen molar-refractivity contribution in [1.29, 1.82) is 0 Å². The summed E-state index contributed by atoms with van der Waals surface area (Å²) < 4.78 is 0. The van der Waals surface area contributed by atoms with Gasteiger partial charge in [0.15, 0.2) is 0 Å². The zero-order valence-electron chi connectivity index (χ0n) is 8.12. The van der Waals surface area contributed by atoms with E-state index in [1.807, 2.05) is 19.9 Å². The number of nitrogens with zero attached hydrogens (tertiary/aromatic N) is 2. The lowest BCUT2D eigenvalue weighted by Gasteiger charge is -2.09. The van der Waals surface area contributed by atoms with Crippen LogP contribution in [0, 0.1) is 19.8 Å². The van der Waals surface area contributed by atoms with Crippen molar-refractivity contribution >= 4 is 0 Å². The molecule has 0 spiro atoms. The quantitative estimate of drug-likeness (QED) is 0.744. The monoisotopic (exact) mass is 177 g/mol. The molecule has 13 heavy (non-hydrogen) atoms. The first-order chi connectivity index (χ1) is 6.16. The summed E-state index contributed by atoms with van der Waals surface area (Å²) >= 11 is 0. The van der Waals surface area contributed by atoms with Crippen LogP contribution in [-0.2, 0) is 0 Å². The molecule has 0 aromatic carbocycles. The molecule has 70 valence electrons. The van der Waals surface area contributed by atoms with Crippen molar-refractivity contribution in [3.8, 4) is 0 Å². The van der Waals surface area contributed by atoms with E-state index in [0.29, 0.717) is 5.92 Å². The van der Waals surface area contributed by atoms with Crippen molar-refractivity contribution in [3.63, 3.8) is 0 Å². The first kappa shape index (κ1) is 8.63. The van der Waals surface area contributed by atoms with Gasteiger partial charge >= 0.3 is 0 Å². The smallest absolute Gasteiger partial charge is 0.145 e. The van der Waals surface area contributed by atoms with Crippen molar-refractivity contribution in [1.82, 2.24) is 9.97 Å². The van der Waals surface area contributed by atoms with E-state index in [1.54, 1.807) is 0 Å². The van der Waals surface area contributed by atoms with E-state index in [9.17, 15) is 0 Å². The summed E-state index contributed by atoms with van der Waals surface area (Å²) in [6.07, 6.45) is 2.47. The van der Waals surface area contributed by atoms with Gasteiger partial charge in [-0.1, -0.05) is 0 Å². The molecule has 1 saturated carbocycles. The van der Waals surface area contributed by atoms with Crippen molar-refractivity contribution in [3.05, 3.63) is 23.3 Å². The first-order valence-corrected chi connectivity index (χ1v) is 4.74. The van der Waals surface area contributed by atoms with E-state index in [2.05, 4.69) is 9.97 Å². The van der Waals surface area contributed by atoms with Crippen LogP contribution < -0.4 is 5.73 Å². The van der Waals surface area contributed by atoms with Crippen molar-refractivity contribution in [2.24, 2.45) is 11.7 Å². The average molecular weight is 177 g/mol. The summed E-state index contributed by atoms with van der Waals surface area (Å²) in [5.41, 5.74) is 8.04. The number of hydrogen-bond donors (Lipinski definition) is 1. The van der Waals surface area contributed by atoms with Crippen LogP contribution in [0.5, 0.6) is 0 Å². The summed E-state index contributed by atoms with van der Waals surface area (Å²) in [5, 5.41) is 0. The summed E-state index contributed by atoms with van der Waals surface area (Å²) in [7, 11) is 0. The van der Waals surface area contributed by atoms with Gasteiger partial charge in [0, 0.05) is 11.4 Å². The minimum atomic E-state index is 0.0543. The second-order valence-electron chi connectivity index (χ2n) is 3.87. The zero-order chi connectivity index (χ0) is 9.42. The molecule has 2 N–H and O–H groups in total. The van der Waals surface area contributed by atoms with E-state index >= 15 is 0 Å². The van der Waals surface area contributed by atoms with Gasteiger partial charge in [-0.3, -0.25) is 0 Å². The van der Waals surface area contributed by atoms with Crippen molar-refractivity contribution in [2.45, 2.75) is 32.7 Å². The second kappa shape index (κ2) is 3.07. The van der Waals surface area contributed by atoms with Crippen LogP contribution in [0.15, 0.2) is 6.07 Å². The van der Waals surface area contributed by atoms with Crippen LogP contribution in [0.1, 0.15) is 36.1 Å². The fourth-order valence-electron chi connectivity index (χ4n) is 1.57. The first-order valence-electron chi connectivity index (χ1n) is 4.74. The highest BCUT2D eigenvalue weighted by Crippen LogP contribution is 2.38. The fourth-order valence-corrected chi connectivity index (χ4v) is 1.57. The number of rotatable bonds is 2. The Morgan fingerprint density at radius 3 is 2.31 bits per heavy atom. The molecule has 0 radical (unpaired) electrons. The summed E-state index contributed by atoms with van der Waals surface area (Å²) in [6, 6.07) is 2.03. The Kier molecular flexibility index (Phi) is 2.04. The number of aryl methyl sites for hydroxylation is 2. The zero-order valence-corrected chi connectivity index (χ0v) is 8.12. The Morgan fingerprint density at radius 1 is 1.31 bits per heavy atom. The van der Waals surface area contributed by atoms with Crippen LogP contribution in [0.3, 0.4) is 0 Å². The highest BCUT2D eigenvalue weighted by molar-refractivity contribution is 5.11. The third-order valence-electron chi connectivity index (χ3n) is 2.43. The van der Waals surface area contributed by atoms with Crippen LogP contribution in [0.4, 0.5) is 0 Å². The molecule has 0 aliphatic heterocycles. The lowest BCUT2D eigenvalue weighted by Crippen LogP contribution is -2.16. The Hall–Kier alpha value is -0.960. The Bertz CT molecular complexity index is 298. The van der Waals surface area contributed by atoms with E-state index < -0.39 is 0 Å². The standard InChI is InChI=1S/C10H15N3/c1-6-5-7(2)13-10(12-6)9(11)8-3-4-8/h5,8-9H,3-4,11H2,1-2H3. The van der Waals surface area contributed by atoms with Gasteiger partial charge in [-0.2, -0.15) is 0 Å². The molecule has 1 aromatic rings. The van der Waals surface area contributed by atoms with Gasteiger partial charge in [-0.25, -0.2) is 9.97 Å². The molecule has 0 amide bonds. The van der Waals surface area contributed by atoms with E-state index in [-0.39, 0.29) is 6.04 Å². The molecule has 1 fully saturated rings. The van der Waals surface area contributed by atoms with Gasteiger partial charge < -0.3 is 5.73 Å². The van der Waals surface area contributed by atoms with Gasteiger partial charge in [0.25, 0.3) is 0 Å². The average Bonchev–Trinajstić information content (AvgIpc) is 2.83. The maximum absolute atomic E-state index is 6.01. The number of nitrogens with two attached hydrogens (primary N) is 1. The van der Waals surface area contributed by atoms with Gasteiger partial charge in [0.2, 0.25) is 0 Å². The van der Waals surface area contributed by atoms with E-state index in [4.69, 9.17) is 5.73 Å². The molecule has 0 saturated heterocycles. The van der Waals surface area contributed by atoms with Crippen molar-refractivity contribution < 1.29 is 0 Å². The summed E-state index contributed by atoms with van der Waals surface area (Å²) in [4.78, 5) is 8.72. The SMILES string of the molecule is Cc1cc(C)nc(C(N)C2CC2)n1. The van der Waals surface area contributed by atoms with Gasteiger partial charge in [-0.15, -0.1) is 0 Å². The summed E-state index contributed by atoms with van der Waals surface area (Å²) in [5.74, 6) is 1.45. The molecule has 1 atom stereocenters. The summed E-state index contributed by atoms with van der Waals surface area (Å²) in [6.45, 7) is 3.97. The lowest BCUT2D eigenvalue weighted by molar-refractivity contribution is 0.588. The molecule has 3 nitrogen and oxygen atoms in total. The molecular formula is C10H15N3. The second-order valence-corrected chi connectivity index (χ2v) is 3.87. The lowest BCUT2D eigenvalue weighted by atomic mass is 10.2. The molecule has 1 aliphatic rings. The molecule has 1 aromatic heterocycles. The largest absolute Gasteiger partial charge is 0.321 e. The molecule has 2 rings (SSSR count). The number of hydrogen-bond acceptors (Lipinski definition) is 3. The van der Waals surface area contributed by atoms with Crippen LogP contribution in [-0.4, -0.2) is 9.97 Å². The molecule has 0 bridgehead atoms. The maximum Gasteiger partial charge on any atom is 0.145 e. The fraction of sp³-hybridized carbons (Fsp3) is 0.600. The molecule has 1 heterocycles.